The second kappa shape index (κ2) is 5.34. The molecule has 0 saturated heterocycles. The summed E-state index contributed by atoms with van der Waals surface area (Å²) >= 11 is 0. The summed E-state index contributed by atoms with van der Waals surface area (Å²) in [4.78, 5) is 0. The van der Waals surface area contributed by atoms with Crippen LogP contribution in [-0.2, 0) is 0 Å². The summed E-state index contributed by atoms with van der Waals surface area (Å²) in [5.74, 6) is 0.267. The van der Waals surface area contributed by atoms with E-state index in [1.165, 1.54) is 21.3 Å². The second-order valence-corrected chi connectivity index (χ2v) is 3.40. The lowest BCUT2D eigenvalue weighted by molar-refractivity contribution is -0.206. The number of hydrogen-bond donors (Lipinski definition) is 1. The van der Waals surface area contributed by atoms with E-state index in [4.69, 9.17) is 14.2 Å². The van der Waals surface area contributed by atoms with Crippen LogP contribution in [0.15, 0.2) is 12.1 Å². The van der Waals surface area contributed by atoms with Crippen LogP contribution in [0.1, 0.15) is 11.7 Å². The molecule has 0 aromatic heterocycles. The van der Waals surface area contributed by atoms with Crippen molar-refractivity contribution in [2.45, 2.75) is 12.3 Å². The molecule has 0 aliphatic heterocycles. The molecule has 102 valence electrons. The average Bonchev–Trinajstić information content (AvgIpc) is 2.34. The molecule has 0 heterocycles. The number of rotatable bonds is 4. The van der Waals surface area contributed by atoms with Crippen molar-refractivity contribution in [3.63, 3.8) is 0 Å². The zero-order valence-electron chi connectivity index (χ0n) is 10.0. The van der Waals surface area contributed by atoms with Gasteiger partial charge < -0.3 is 19.3 Å². The van der Waals surface area contributed by atoms with Crippen molar-refractivity contribution in [1.82, 2.24) is 0 Å². The maximum Gasteiger partial charge on any atom is 0.418 e. The Labute approximate surface area is 102 Å². The van der Waals surface area contributed by atoms with Crippen LogP contribution in [0.5, 0.6) is 17.2 Å². The van der Waals surface area contributed by atoms with Crippen molar-refractivity contribution in [3.05, 3.63) is 17.7 Å². The molecule has 18 heavy (non-hydrogen) atoms. The van der Waals surface area contributed by atoms with Gasteiger partial charge in [-0.05, 0) is 17.7 Å². The fraction of sp³-hybridized carbons (Fsp3) is 0.455. The topological polar surface area (TPSA) is 47.9 Å². The van der Waals surface area contributed by atoms with Crippen molar-refractivity contribution in [2.75, 3.05) is 21.3 Å². The number of halogens is 3. The first-order valence-corrected chi connectivity index (χ1v) is 4.89. The first kappa shape index (κ1) is 14.4. The third kappa shape index (κ3) is 2.79. The van der Waals surface area contributed by atoms with Gasteiger partial charge in [-0.1, -0.05) is 0 Å². The van der Waals surface area contributed by atoms with Crippen molar-refractivity contribution < 1.29 is 32.5 Å². The third-order valence-corrected chi connectivity index (χ3v) is 2.31. The summed E-state index contributed by atoms with van der Waals surface area (Å²) in [6.07, 6.45) is -7.36. The highest BCUT2D eigenvalue weighted by atomic mass is 19.4. The van der Waals surface area contributed by atoms with Crippen molar-refractivity contribution in [3.8, 4) is 17.2 Å². The Balaban J connectivity index is 3.32. The lowest BCUT2D eigenvalue weighted by Crippen LogP contribution is -2.20. The van der Waals surface area contributed by atoms with Crippen LogP contribution in [0.4, 0.5) is 13.2 Å². The molecule has 0 fully saturated rings. The largest absolute Gasteiger partial charge is 0.493 e. The van der Waals surface area contributed by atoms with Crippen molar-refractivity contribution in [2.24, 2.45) is 0 Å². The van der Waals surface area contributed by atoms with Crippen LogP contribution in [0.2, 0.25) is 0 Å². The number of ether oxygens (including phenoxy) is 3. The van der Waals surface area contributed by atoms with Gasteiger partial charge in [0.05, 0.1) is 21.3 Å². The van der Waals surface area contributed by atoms with Gasteiger partial charge in [0.15, 0.2) is 17.6 Å². The molecule has 0 aliphatic rings. The molecule has 0 unspecified atom stereocenters. The number of aliphatic hydroxyl groups excluding tert-OH is 1. The number of benzene rings is 1. The van der Waals surface area contributed by atoms with Gasteiger partial charge in [-0.2, -0.15) is 13.2 Å². The van der Waals surface area contributed by atoms with E-state index in [1.54, 1.807) is 0 Å². The molecule has 0 amide bonds. The maximum atomic E-state index is 12.4. The minimum absolute atomic E-state index is 0.0511. The number of hydrogen-bond acceptors (Lipinski definition) is 4. The lowest BCUT2D eigenvalue weighted by Gasteiger charge is -2.18. The SMILES string of the molecule is COc1cc([C@H](O)C(F)(F)F)cc(OC)c1OC. The minimum Gasteiger partial charge on any atom is -0.493 e. The predicted molar refractivity (Wildman–Crippen MR) is 57.1 cm³/mol. The molecule has 0 spiro atoms. The fourth-order valence-electron chi connectivity index (χ4n) is 1.45. The zero-order valence-corrected chi connectivity index (χ0v) is 10.0. The van der Waals surface area contributed by atoms with Gasteiger partial charge in [0.25, 0.3) is 0 Å². The molecule has 0 aliphatic carbocycles. The normalized spacial score (nSPS) is 13.1. The number of methoxy groups -OCH3 is 3. The Bertz CT molecular complexity index is 392. The lowest BCUT2D eigenvalue weighted by atomic mass is 10.1. The van der Waals surface area contributed by atoms with Gasteiger partial charge >= 0.3 is 6.18 Å². The highest BCUT2D eigenvalue weighted by Gasteiger charge is 2.40. The molecule has 0 radical (unpaired) electrons. The predicted octanol–water partition coefficient (Wildman–Crippen LogP) is 2.31. The van der Waals surface area contributed by atoms with Gasteiger partial charge in [-0.3, -0.25) is 0 Å². The summed E-state index contributed by atoms with van der Waals surface area (Å²) in [5, 5.41) is 9.18. The highest BCUT2D eigenvalue weighted by molar-refractivity contribution is 5.54. The van der Waals surface area contributed by atoms with Gasteiger partial charge in [-0.15, -0.1) is 0 Å². The van der Waals surface area contributed by atoms with Crippen LogP contribution in [0.3, 0.4) is 0 Å². The zero-order chi connectivity index (χ0) is 13.9. The van der Waals surface area contributed by atoms with Gasteiger partial charge in [0.2, 0.25) is 5.75 Å². The Hall–Kier alpha value is -1.63. The summed E-state index contributed by atoms with van der Waals surface area (Å²) < 4.78 is 52.0. The molecule has 4 nitrogen and oxygen atoms in total. The summed E-state index contributed by atoms with van der Waals surface area (Å²) in [7, 11) is 3.89. The molecule has 1 aromatic carbocycles. The summed E-state index contributed by atoms with van der Waals surface area (Å²) in [6, 6.07) is 2.11. The van der Waals surface area contributed by atoms with E-state index in [2.05, 4.69) is 0 Å². The van der Waals surface area contributed by atoms with E-state index in [1.807, 2.05) is 0 Å². The minimum atomic E-state index is -4.76. The molecule has 1 N–H and O–H groups in total. The smallest absolute Gasteiger partial charge is 0.418 e. The van der Waals surface area contributed by atoms with E-state index in [9.17, 15) is 18.3 Å². The van der Waals surface area contributed by atoms with E-state index in [-0.39, 0.29) is 22.8 Å². The van der Waals surface area contributed by atoms with E-state index in [0.717, 1.165) is 12.1 Å². The third-order valence-electron chi connectivity index (χ3n) is 2.31. The van der Waals surface area contributed by atoms with Crippen LogP contribution in [0.25, 0.3) is 0 Å². The Morgan fingerprint density at radius 3 is 1.72 bits per heavy atom. The standard InChI is InChI=1S/C11H13F3O4/c1-16-7-4-6(10(15)11(12,13)14)5-8(17-2)9(7)18-3/h4-5,10,15H,1-3H3/t10-/m0/s1. The first-order valence-electron chi connectivity index (χ1n) is 4.89. The van der Waals surface area contributed by atoms with Gasteiger partial charge in [-0.25, -0.2) is 0 Å². The second-order valence-electron chi connectivity index (χ2n) is 3.40. The van der Waals surface area contributed by atoms with Crippen molar-refractivity contribution in [1.29, 1.82) is 0 Å². The molecule has 7 heteroatoms. The maximum absolute atomic E-state index is 12.4. The van der Waals surface area contributed by atoms with E-state index < -0.39 is 12.3 Å². The Kier molecular flexibility index (Phi) is 4.28. The molecule has 1 atom stereocenters. The Morgan fingerprint density at radius 2 is 1.44 bits per heavy atom. The molecule has 1 aromatic rings. The quantitative estimate of drug-likeness (QED) is 0.908. The molecule has 0 bridgehead atoms. The van der Waals surface area contributed by atoms with E-state index in [0.29, 0.717) is 0 Å². The van der Waals surface area contributed by atoms with E-state index >= 15 is 0 Å². The summed E-state index contributed by atoms with van der Waals surface area (Å²) in [6.45, 7) is 0. The van der Waals surface area contributed by atoms with Crippen LogP contribution >= 0.6 is 0 Å². The average molecular weight is 266 g/mol. The van der Waals surface area contributed by atoms with Gasteiger partial charge in [0, 0.05) is 0 Å². The molecule has 0 saturated carbocycles. The summed E-state index contributed by atoms with van der Waals surface area (Å²) in [5.41, 5.74) is -0.378. The van der Waals surface area contributed by atoms with Gasteiger partial charge in [0.1, 0.15) is 0 Å². The number of alkyl halides is 3. The van der Waals surface area contributed by atoms with Crippen molar-refractivity contribution >= 4 is 0 Å². The molecular formula is C11H13F3O4. The highest BCUT2D eigenvalue weighted by Crippen LogP contribution is 2.42. The number of aliphatic hydroxyl groups is 1. The van der Waals surface area contributed by atoms with Crippen LogP contribution in [-0.4, -0.2) is 32.6 Å². The first-order chi connectivity index (χ1) is 8.35. The Morgan fingerprint density at radius 1 is 1.00 bits per heavy atom. The fourth-order valence-corrected chi connectivity index (χ4v) is 1.45. The molecular weight excluding hydrogens is 253 g/mol. The van der Waals surface area contributed by atoms with Crippen LogP contribution < -0.4 is 14.2 Å². The molecule has 1 rings (SSSR count). The van der Waals surface area contributed by atoms with Crippen LogP contribution in [0, 0.1) is 0 Å². The monoisotopic (exact) mass is 266 g/mol.